The predicted octanol–water partition coefficient (Wildman–Crippen LogP) is 3.39. The maximum absolute atomic E-state index is 12.1. The molecule has 2 heterocycles. The second-order valence-electron chi connectivity index (χ2n) is 7.82. The van der Waals surface area contributed by atoms with Crippen LogP contribution in [0.15, 0.2) is 54.6 Å². The monoisotopic (exact) mass is 536 g/mol. The summed E-state index contributed by atoms with van der Waals surface area (Å²) in [7, 11) is 1.73. The summed E-state index contributed by atoms with van der Waals surface area (Å²) < 4.78 is 8.04. The molecule has 4 rings (SSSR count). The second-order valence-corrected chi connectivity index (χ2v) is 10.9. The number of ether oxygens (including phenoxy) is 1. The molecule has 164 valence electrons. The molecule has 0 saturated carbocycles. The van der Waals surface area contributed by atoms with Gasteiger partial charge in [-0.3, -0.25) is 0 Å². The molecule has 6 nitrogen and oxygen atoms in total. The van der Waals surface area contributed by atoms with Crippen LogP contribution in [0.2, 0.25) is 0 Å². The number of primary amides is 1. The number of para-hydroxylation sites is 2. The first kappa shape index (κ1) is 22.0. The van der Waals surface area contributed by atoms with E-state index in [9.17, 15) is 4.79 Å². The van der Waals surface area contributed by atoms with Crippen molar-refractivity contribution in [2.45, 2.75) is 12.8 Å². The fourth-order valence-corrected chi connectivity index (χ4v) is 7.26. The van der Waals surface area contributed by atoms with Gasteiger partial charge in [0, 0.05) is 0 Å². The Morgan fingerprint density at radius 2 is 1.81 bits per heavy atom. The van der Waals surface area contributed by atoms with Crippen LogP contribution in [-0.2, 0) is 0 Å². The summed E-state index contributed by atoms with van der Waals surface area (Å²) in [4.78, 5) is 18.8. The van der Waals surface area contributed by atoms with E-state index in [1.165, 1.54) is 14.5 Å². The number of unbranched alkanes of at least 4 members (excludes halogenated alkanes) is 1. The molecular formula is C24H30N4O2Te. The summed E-state index contributed by atoms with van der Waals surface area (Å²) in [5.74, 6) is 0.939. The molecule has 0 unspecified atom stereocenters. The third-order valence-electron chi connectivity index (χ3n) is 5.85. The van der Waals surface area contributed by atoms with Crippen LogP contribution < -0.4 is 20.3 Å². The molecule has 0 spiro atoms. The van der Waals surface area contributed by atoms with Crippen molar-refractivity contribution in [3.8, 4) is 5.75 Å². The molecule has 0 atom stereocenters. The first-order valence-corrected chi connectivity index (χ1v) is 13.1. The van der Waals surface area contributed by atoms with Gasteiger partial charge in [-0.15, -0.1) is 0 Å². The van der Waals surface area contributed by atoms with Gasteiger partial charge in [0.15, 0.2) is 0 Å². The summed E-state index contributed by atoms with van der Waals surface area (Å²) in [6.45, 7) is 5.87. The van der Waals surface area contributed by atoms with E-state index in [1.54, 1.807) is 7.11 Å². The zero-order valence-electron chi connectivity index (χ0n) is 18.0. The number of hydrogen-bond donors (Lipinski definition) is 1. The van der Waals surface area contributed by atoms with E-state index in [0.29, 0.717) is 6.54 Å². The summed E-state index contributed by atoms with van der Waals surface area (Å²) in [5.41, 5.74) is 6.89. The van der Waals surface area contributed by atoms with Gasteiger partial charge in [-0.05, 0) is 6.07 Å². The average molecular weight is 534 g/mol. The Morgan fingerprint density at radius 1 is 1.06 bits per heavy atom. The Balaban J connectivity index is 1.24. The number of carbonyl (C=O) groups is 1. The van der Waals surface area contributed by atoms with Crippen molar-refractivity contribution in [2.24, 2.45) is 5.73 Å². The van der Waals surface area contributed by atoms with Crippen molar-refractivity contribution in [3.63, 3.8) is 0 Å². The molecule has 1 fully saturated rings. The maximum atomic E-state index is 12.1. The number of nitrogens with two attached hydrogens (primary N) is 1. The van der Waals surface area contributed by atoms with Gasteiger partial charge in [0.1, 0.15) is 0 Å². The van der Waals surface area contributed by atoms with Gasteiger partial charge >= 0.3 is 164 Å². The van der Waals surface area contributed by atoms with E-state index < -0.39 is 20.4 Å². The van der Waals surface area contributed by atoms with E-state index in [0.717, 1.165) is 55.0 Å². The van der Waals surface area contributed by atoms with Crippen molar-refractivity contribution in [2.75, 3.05) is 56.2 Å². The molecule has 31 heavy (non-hydrogen) atoms. The van der Waals surface area contributed by atoms with Gasteiger partial charge < -0.3 is 4.74 Å². The number of piperazine rings is 1. The molecule has 0 bridgehead atoms. The first-order chi connectivity index (χ1) is 15.2. The zero-order valence-corrected chi connectivity index (χ0v) is 20.3. The van der Waals surface area contributed by atoms with Crippen molar-refractivity contribution in [1.29, 1.82) is 0 Å². The molecule has 3 aromatic rings. The van der Waals surface area contributed by atoms with Crippen molar-refractivity contribution in [3.05, 3.63) is 54.6 Å². The molecule has 1 aliphatic heterocycles. The van der Waals surface area contributed by atoms with E-state index in [-0.39, 0.29) is 6.03 Å². The Bertz CT molecular complexity index is 980. The van der Waals surface area contributed by atoms with Crippen LogP contribution in [0.5, 0.6) is 5.75 Å². The van der Waals surface area contributed by atoms with Crippen LogP contribution in [0.1, 0.15) is 12.8 Å². The minimum atomic E-state index is -0.526. The minimum absolute atomic E-state index is 0.324. The topological polar surface area (TPSA) is 62.0 Å². The molecule has 0 aliphatic carbocycles. The van der Waals surface area contributed by atoms with Crippen LogP contribution in [0, 0.1) is 0 Å². The second kappa shape index (κ2) is 10.4. The van der Waals surface area contributed by atoms with Crippen molar-refractivity contribution >= 4 is 44.6 Å². The number of urea groups is 1. The third kappa shape index (κ3) is 5.35. The number of hydrogen-bond acceptors (Lipinski definition) is 4. The van der Waals surface area contributed by atoms with E-state index in [4.69, 9.17) is 10.5 Å². The number of carbonyl (C=O) groups excluding carboxylic acids is 1. The van der Waals surface area contributed by atoms with Gasteiger partial charge in [0.05, 0.1) is 7.11 Å². The number of anilines is 2. The molecule has 1 saturated heterocycles. The average Bonchev–Trinajstić information content (AvgIpc) is 3.23. The first-order valence-electron chi connectivity index (χ1n) is 10.8. The van der Waals surface area contributed by atoms with Gasteiger partial charge in [-0.2, -0.15) is 0 Å². The quantitative estimate of drug-likeness (QED) is 0.356. The molecule has 1 aliphatic rings. The van der Waals surface area contributed by atoms with Gasteiger partial charge in [-0.25, -0.2) is 0 Å². The Labute approximate surface area is 193 Å². The molecule has 0 radical (unpaired) electrons. The third-order valence-corrected chi connectivity index (χ3v) is 9.10. The van der Waals surface area contributed by atoms with Gasteiger partial charge in [0.25, 0.3) is 0 Å². The molecule has 2 N–H and O–H groups in total. The molecule has 1 aromatic heterocycles. The fraction of sp³-hybridized carbons (Fsp3) is 0.375. The molecule has 2 aromatic carbocycles. The summed E-state index contributed by atoms with van der Waals surface area (Å²) in [6, 6.07) is 18.5. The van der Waals surface area contributed by atoms with Crippen molar-refractivity contribution < 1.29 is 9.53 Å². The number of nitrogens with zero attached hydrogens (tertiary/aromatic N) is 3. The van der Waals surface area contributed by atoms with Crippen molar-refractivity contribution in [1.82, 2.24) is 4.90 Å². The molecule has 2 amide bonds. The standard InChI is InChI=1S/C24H30N4O2Te/c1-30-21-10-4-3-9-20(21)27-16-14-26(15-17-27)12-6-7-13-28(24(25)29)23-18-19-8-2-5-11-22(19)31-23/h2-5,8-11,18H,6-7,12-17H2,1H3,(H2,25,29). The number of methoxy groups -OCH3 is 1. The molecular weight excluding hydrogens is 504 g/mol. The number of rotatable bonds is 8. The number of amides is 2. The molecule has 7 heteroatoms. The summed E-state index contributed by atoms with van der Waals surface area (Å²) in [6.07, 6.45) is 2.04. The van der Waals surface area contributed by atoms with E-state index >= 15 is 0 Å². The number of fused-ring (bicyclic) bond motifs is 1. The van der Waals surface area contributed by atoms with Crippen LogP contribution in [0.4, 0.5) is 14.2 Å². The Morgan fingerprint density at radius 3 is 2.55 bits per heavy atom. The Kier molecular flexibility index (Phi) is 7.39. The fourth-order valence-electron chi connectivity index (χ4n) is 4.14. The van der Waals surface area contributed by atoms with Gasteiger partial charge in [-0.1, -0.05) is 12.1 Å². The van der Waals surface area contributed by atoms with E-state index in [1.807, 2.05) is 23.1 Å². The summed E-state index contributed by atoms with van der Waals surface area (Å²) in [5, 5.41) is 1.25. The normalized spacial score (nSPS) is 14.7. The van der Waals surface area contributed by atoms with Crippen LogP contribution in [-0.4, -0.2) is 77.7 Å². The van der Waals surface area contributed by atoms with Gasteiger partial charge in [0.2, 0.25) is 0 Å². The van der Waals surface area contributed by atoms with Crippen LogP contribution in [0.25, 0.3) is 8.79 Å². The van der Waals surface area contributed by atoms with E-state index in [2.05, 4.69) is 46.2 Å². The SMILES string of the molecule is COc1ccccc1N1CCN(CCCCN(C(N)=O)c2cc3ccccc3[te]2)CC1. The predicted molar refractivity (Wildman–Crippen MR) is 129 cm³/mol. The zero-order chi connectivity index (χ0) is 21.6. The van der Waals surface area contributed by atoms with Crippen LogP contribution >= 0.6 is 0 Å². The summed E-state index contributed by atoms with van der Waals surface area (Å²) >= 11 is -0.526. The Hall–Kier alpha value is -2.20. The van der Waals surface area contributed by atoms with Crippen LogP contribution in [0.3, 0.4) is 0 Å². The number of benzene rings is 2.